The standard InChI is InChI=1S/C16H20N4O/c1-19(13-7-3-2-4-8-13)16(21)20-11-15(18-12-20)14-9-5-6-10-17-14/h5-6,9-13H,2-4,7-8H2,1H3. The maximum atomic E-state index is 12.5. The molecular formula is C16H20N4O. The predicted octanol–water partition coefficient (Wildman–Crippen LogP) is 3.18. The second-order valence-electron chi connectivity index (χ2n) is 5.57. The molecule has 0 aliphatic heterocycles. The summed E-state index contributed by atoms with van der Waals surface area (Å²) in [5.74, 6) is 0. The Kier molecular flexibility index (Phi) is 3.99. The summed E-state index contributed by atoms with van der Waals surface area (Å²) in [4.78, 5) is 22.9. The maximum absolute atomic E-state index is 12.5. The third-order valence-corrected chi connectivity index (χ3v) is 4.15. The lowest BCUT2D eigenvalue weighted by atomic mass is 9.95. The summed E-state index contributed by atoms with van der Waals surface area (Å²) in [6.45, 7) is 0. The van der Waals surface area contributed by atoms with E-state index in [9.17, 15) is 4.79 Å². The van der Waals surface area contributed by atoms with E-state index in [0.29, 0.717) is 6.04 Å². The number of amides is 1. The first-order valence-corrected chi connectivity index (χ1v) is 7.48. The minimum atomic E-state index is -0.0171. The van der Waals surface area contributed by atoms with Crippen LogP contribution in [0.1, 0.15) is 32.1 Å². The van der Waals surface area contributed by atoms with Gasteiger partial charge in [0.2, 0.25) is 0 Å². The van der Waals surface area contributed by atoms with Gasteiger partial charge in [-0.2, -0.15) is 0 Å². The molecule has 0 N–H and O–H groups in total. The average Bonchev–Trinajstić information content (AvgIpc) is 3.05. The first-order valence-electron chi connectivity index (χ1n) is 7.48. The Hall–Kier alpha value is -2.17. The molecule has 3 rings (SSSR count). The third kappa shape index (κ3) is 2.96. The van der Waals surface area contributed by atoms with E-state index in [2.05, 4.69) is 9.97 Å². The number of hydrogen-bond donors (Lipinski definition) is 0. The fourth-order valence-corrected chi connectivity index (χ4v) is 2.88. The molecule has 0 spiro atoms. The molecule has 5 nitrogen and oxygen atoms in total. The first kappa shape index (κ1) is 13.8. The van der Waals surface area contributed by atoms with Crippen LogP contribution in [0.5, 0.6) is 0 Å². The minimum absolute atomic E-state index is 0.0171. The Morgan fingerprint density at radius 1 is 1.19 bits per heavy atom. The van der Waals surface area contributed by atoms with Gasteiger partial charge in [0.05, 0.1) is 5.69 Å². The Labute approximate surface area is 124 Å². The molecular weight excluding hydrogens is 264 g/mol. The van der Waals surface area contributed by atoms with Crippen LogP contribution < -0.4 is 0 Å². The van der Waals surface area contributed by atoms with E-state index in [-0.39, 0.29) is 6.03 Å². The highest BCUT2D eigenvalue weighted by Gasteiger charge is 2.23. The second kappa shape index (κ2) is 6.08. The Balaban J connectivity index is 1.74. The normalized spacial score (nSPS) is 15.9. The molecule has 0 bridgehead atoms. The van der Waals surface area contributed by atoms with Gasteiger partial charge in [-0.05, 0) is 25.0 Å². The summed E-state index contributed by atoms with van der Waals surface area (Å²) in [6.07, 6.45) is 11.0. The number of hydrogen-bond acceptors (Lipinski definition) is 3. The van der Waals surface area contributed by atoms with E-state index in [1.54, 1.807) is 23.3 Å². The Morgan fingerprint density at radius 3 is 2.71 bits per heavy atom. The molecule has 2 aromatic heterocycles. The van der Waals surface area contributed by atoms with Crippen molar-refractivity contribution in [1.82, 2.24) is 19.4 Å². The van der Waals surface area contributed by atoms with Gasteiger partial charge in [0.25, 0.3) is 0 Å². The van der Waals surface area contributed by atoms with Crippen molar-refractivity contribution < 1.29 is 4.79 Å². The maximum Gasteiger partial charge on any atom is 0.329 e. The summed E-state index contributed by atoms with van der Waals surface area (Å²) < 4.78 is 1.55. The van der Waals surface area contributed by atoms with Gasteiger partial charge in [0, 0.05) is 25.5 Å². The SMILES string of the molecule is CN(C(=O)n1cnc(-c2ccccn2)c1)C1CCCCC1. The van der Waals surface area contributed by atoms with Crippen molar-refractivity contribution in [2.24, 2.45) is 0 Å². The summed E-state index contributed by atoms with van der Waals surface area (Å²) in [7, 11) is 1.89. The minimum Gasteiger partial charge on any atom is -0.324 e. The summed E-state index contributed by atoms with van der Waals surface area (Å²) in [5, 5.41) is 0. The highest BCUT2D eigenvalue weighted by Crippen LogP contribution is 2.22. The molecule has 0 atom stereocenters. The molecule has 0 unspecified atom stereocenters. The van der Waals surface area contributed by atoms with Crippen molar-refractivity contribution in [3.8, 4) is 11.4 Å². The third-order valence-electron chi connectivity index (χ3n) is 4.15. The largest absolute Gasteiger partial charge is 0.329 e. The van der Waals surface area contributed by atoms with Gasteiger partial charge >= 0.3 is 6.03 Å². The summed E-state index contributed by atoms with van der Waals surface area (Å²) in [6, 6.07) is 6.01. The van der Waals surface area contributed by atoms with Crippen LogP contribution in [0.4, 0.5) is 4.79 Å². The van der Waals surface area contributed by atoms with E-state index in [1.807, 2.05) is 30.1 Å². The van der Waals surface area contributed by atoms with Gasteiger partial charge in [-0.3, -0.25) is 9.55 Å². The lowest BCUT2D eigenvalue weighted by molar-refractivity contribution is 0.175. The van der Waals surface area contributed by atoms with E-state index >= 15 is 0 Å². The number of rotatable bonds is 2. The van der Waals surface area contributed by atoms with Crippen molar-refractivity contribution in [1.29, 1.82) is 0 Å². The van der Waals surface area contributed by atoms with Gasteiger partial charge in [0.1, 0.15) is 12.0 Å². The molecule has 1 amide bonds. The number of pyridine rings is 1. The zero-order valence-electron chi connectivity index (χ0n) is 12.3. The summed E-state index contributed by atoms with van der Waals surface area (Å²) in [5.41, 5.74) is 1.50. The lowest BCUT2D eigenvalue weighted by Crippen LogP contribution is -2.40. The fraction of sp³-hybridized carbons (Fsp3) is 0.438. The molecule has 0 radical (unpaired) electrons. The average molecular weight is 284 g/mol. The molecule has 21 heavy (non-hydrogen) atoms. The van der Waals surface area contributed by atoms with Gasteiger partial charge < -0.3 is 4.90 Å². The monoisotopic (exact) mass is 284 g/mol. The first-order chi connectivity index (χ1) is 10.3. The van der Waals surface area contributed by atoms with E-state index < -0.39 is 0 Å². The molecule has 1 fully saturated rings. The number of aromatic nitrogens is 3. The van der Waals surface area contributed by atoms with Crippen molar-refractivity contribution in [2.75, 3.05) is 7.05 Å². The molecule has 5 heteroatoms. The van der Waals surface area contributed by atoms with Crippen molar-refractivity contribution in [2.45, 2.75) is 38.1 Å². The second-order valence-corrected chi connectivity index (χ2v) is 5.57. The van der Waals surface area contributed by atoms with Crippen LogP contribution in [0.3, 0.4) is 0 Å². The molecule has 1 saturated carbocycles. The number of carbonyl (C=O) groups excluding carboxylic acids is 1. The molecule has 110 valence electrons. The van der Waals surface area contributed by atoms with Crippen LogP contribution in [0.2, 0.25) is 0 Å². The number of carbonyl (C=O) groups is 1. The van der Waals surface area contributed by atoms with E-state index in [0.717, 1.165) is 24.2 Å². The lowest BCUT2D eigenvalue weighted by Gasteiger charge is -2.31. The fourth-order valence-electron chi connectivity index (χ4n) is 2.88. The van der Waals surface area contributed by atoms with Gasteiger partial charge in [0.15, 0.2) is 0 Å². The van der Waals surface area contributed by atoms with E-state index in [1.165, 1.54) is 19.3 Å². The quantitative estimate of drug-likeness (QED) is 0.851. The van der Waals surface area contributed by atoms with Crippen LogP contribution in [0.15, 0.2) is 36.9 Å². The molecule has 0 saturated heterocycles. The van der Waals surface area contributed by atoms with Gasteiger partial charge in [-0.1, -0.05) is 25.3 Å². The highest BCUT2D eigenvalue weighted by atomic mass is 16.2. The van der Waals surface area contributed by atoms with Crippen LogP contribution in [0.25, 0.3) is 11.4 Å². The number of imidazole rings is 1. The topological polar surface area (TPSA) is 51.0 Å². The molecule has 2 heterocycles. The number of nitrogens with zero attached hydrogens (tertiary/aromatic N) is 4. The smallest absolute Gasteiger partial charge is 0.324 e. The van der Waals surface area contributed by atoms with Crippen LogP contribution in [-0.4, -0.2) is 38.6 Å². The zero-order chi connectivity index (χ0) is 14.7. The van der Waals surface area contributed by atoms with Crippen molar-refractivity contribution >= 4 is 6.03 Å². The zero-order valence-corrected chi connectivity index (χ0v) is 12.3. The Bertz CT molecular complexity index is 602. The molecule has 1 aliphatic rings. The molecule has 1 aliphatic carbocycles. The predicted molar refractivity (Wildman–Crippen MR) is 80.9 cm³/mol. The molecule has 2 aromatic rings. The van der Waals surface area contributed by atoms with Gasteiger partial charge in [-0.15, -0.1) is 0 Å². The highest BCUT2D eigenvalue weighted by molar-refractivity contribution is 5.77. The van der Waals surface area contributed by atoms with Crippen LogP contribution in [-0.2, 0) is 0 Å². The Morgan fingerprint density at radius 2 is 2.00 bits per heavy atom. The van der Waals surface area contributed by atoms with Gasteiger partial charge in [-0.25, -0.2) is 9.78 Å². The van der Waals surface area contributed by atoms with Crippen LogP contribution in [0, 0.1) is 0 Å². The molecule has 0 aromatic carbocycles. The van der Waals surface area contributed by atoms with E-state index in [4.69, 9.17) is 0 Å². The van der Waals surface area contributed by atoms with Crippen molar-refractivity contribution in [3.05, 3.63) is 36.9 Å². The summed E-state index contributed by atoms with van der Waals surface area (Å²) >= 11 is 0. The van der Waals surface area contributed by atoms with Crippen LogP contribution >= 0.6 is 0 Å². The van der Waals surface area contributed by atoms with Crippen molar-refractivity contribution in [3.63, 3.8) is 0 Å².